The average Bonchev–Trinajstić information content (AvgIpc) is 3.36. The highest BCUT2D eigenvalue weighted by Crippen LogP contribution is 2.34. The van der Waals surface area contributed by atoms with E-state index in [1.165, 1.54) is 10.1 Å². The first-order chi connectivity index (χ1) is 14.2. The van der Waals surface area contributed by atoms with E-state index in [9.17, 15) is 0 Å². The quantitative estimate of drug-likeness (QED) is 0.410. The van der Waals surface area contributed by atoms with Gasteiger partial charge in [0, 0.05) is 34.7 Å². The highest BCUT2D eigenvalue weighted by molar-refractivity contribution is 7.22. The van der Waals surface area contributed by atoms with Gasteiger partial charge in [-0.25, -0.2) is 15.0 Å². The molecule has 6 heteroatoms. The van der Waals surface area contributed by atoms with E-state index in [0.29, 0.717) is 5.95 Å². The van der Waals surface area contributed by atoms with Gasteiger partial charge in [-0.3, -0.25) is 0 Å². The zero-order valence-electron chi connectivity index (χ0n) is 16.1. The first-order valence-corrected chi connectivity index (χ1v) is 10.2. The smallest absolute Gasteiger partial charge is 0.227 e. The van der Waals surface area contributed by atoms with Gasteiger partial charge in [-0.2, -0.15) is 0 Å². The number of imidazole rings is 1. The number of nitrogens with one attached hydrogen (secondary N) is 1. The van der Waals surface area contributed by atoms with E-state index < -0.39 is 0 Å². The Morgan fingerprint density at radius 3 is 2.55 bits per heavy atom. The van der Waals surface area contributed by atoms with Crippen LogP contribution in [0.15, 0.2) is 73.2 Å². The Morgan fingerprint density at radius 2 is 1.79 bits per heavy atom. The van der Waals surface area contributed by atoms with Crippen molar-refractivity contribution in [2.75, 3.05) is 5.32 Å². The molecular formula is C23H19N5S. The number of hydrogen-bond donors (Lipinski definition) is 1. The second kappa shape index (κ2) is 7.14. The molecule has 0 bridgehead atoms. The van der Waals surface area contributed by atoms with E-state index in [2.05, 4.69) is 57.7 Å². The lowest BCUT2D eigenvalue weighted by molar-refractivity contribution is 0.975. The SMILES string of the molecule is Cc1cnc(Nc2ccc(-n3ccnc3C)cc2)nc1-c1cc2ccccc2s1. The summed E-state index contributed by atoms with van der Waals surface area (Å²) in [5.41, 5.74) is 4.04. The first-order valence-electron chi connectivity index (χ1n) is 9.37. The van der Waals surface area contributed by atoms with Crippen molar-refractivity contribution in [2.45, 2.75) is 13.8 Å². The van der Waals surface area contributed by atoms with Gasteiger partial charge in [0.2, 0.25) is 5.95 Å². The minimum absolute atomic E-state index is 0.592. The molecule has 142 valence electrons. The number of hydrogen-bond acceptors (Lipinski definition) is 5. The number of nitrogens with zero attached hydrogens (tertiary/aromatic N) is 4. The summed E-state index contributed by atoms with van der Waals surface area (Å²) in [5, 5.41) is 4.56. The molecule has 0 unspecified atom stereocenters. The van der Waals surface area contributed by atoms with E-state index in [4.69, 9.17) is 4.98 Å². The lowest BCUT2D eigenvalue weighted by atomic mass is 10.2. The van der Waals surface area contributed by atoms with Crippen LogP contribution in [0, 0.1) is 13.8 Å². The van der Waals surface area contributed by atoms with Gasteiger partial charge < -0.3 is 9.88 Å². The fraction of sp³-hybridized carbons (Fsp3) is 0.0870. The van der Waals surface area contributed by atoms with Crippen LogP contribution in [0.3, 0.4) is 0 Å². The molecule has 5 nitrogen and oxygen atoms in total. The summed E-state index contributed by atoms with van der Waals surface area (Å²) >= 11 is 1.75. The van der Waals surface area contributed by atoms with Gasteiger partial charge in [0.15, 0.2) is 0 Å². The number of anilines is 2. The Labute approximate surface area is 172 Å². The third-order valence-corrected chi connectivity index (χ3v) is 5.98. The summed E-state index contributed by atoms with van der Waals surface area (Å²) in [6.07, 6.45) is 5.63. The van der Waals surface area contributed by atoms with Crippen LogP contribution in [0.1, 0.15) is 11.4 Å². The van der Waals surface area contributed by atoms with Crippen molar-refractivity contribution >= 4 is 33.1 Å². The lowest BCUT2D eigenvalue weighted by Gasteiger charge is -2.09. The molecule has 3 heterocycles. The molecule has 0 atom stereocenters. The van der Waals surface area contributed by atoms with Crippen molar-refractivity contribution in [3.8, 4) is 16.3 Å². The van der Waals surface area contributed by atoms with Crippen LogP contribution < -0.4 is 5.32 Å². The lowest BCUT2D eigenvalue weighted by Crippen LogP contribution is -2.00. The largest absolute Gasteiger partial charge is 0.324 e. The predicted octanol–water partition coefficient (Wildman–Crippen LogP) is 5.90. The number of fused-ring (bicyclic) bond motifs is 1. The number of benzene rings is 2. The molecule has 2 aromatic carbocycles. The van der Waals surface area contributed by atoms with Crippen LogP contribution in [0.4, 0.5) is 11.6 Å². The maximum atomic E-state index is 4.79. The van der Waals surface area contributed by atoms with Crippen molar-refractivity contribution in [2.24, 2.45) is 0 Å². The summed E-state index contributed by atoms with van der Waals surface area (Å²) in [6, 6.07) is 18.8. The van der Waals surface area contributed by atoms with Gasteiger partial charge in [0.1, 0.15) is 5.82 Å². The Kier molecular flexibility index (Phi) is 4.33. The molecule has 0 aliphatic carbocycles. The van der Waals surface area contributed by atoms with Crippen molar-refractivity contribution in [3.63, 3.8) is 0 Å². The summed E-state index contributed by atoms with van der Waals surface area (Å²) in [7, 11) is 0. The van der Waals surface area contributed by atoms with E-state index in [1.807, 2.05) is 42.9 Å². The third-order valence-electron chi connectivity index (χ3n) is 4.86. The Hall–Kier alpha value is -3.51. The number of thiophene rings is 1. The topological polar surface area (TPSA) is 55.6 Å². The highest BCUT2D eigenvalue weighted by Gasteiger charge is 2.11. The predicted molar refractivity (Wildman–Crippen MR) is 119 cm³/mol. The molecule has 5 aromatic rings. The molecule has 0 saturated heterocycles. The van der Waals surface area contributed by atoms with Crippen LogP contribution in [-0.2, 0) is 0 Å². The van der Waals surface area contributed by atoms with Crippen molar-refractivity contribution in [1.29, 1.82) is 0 Å². The van der Waals surface area contributed by atoms with E-state index >= 15 is 0 Å². The molecule has 0 saturated carbocycles. The molecule has 0 fully saturated rings. The minimum atomic E-state index is 0.592. The molecule has 5 rings (SSSR count). The normalized spacial score (nSPS) is 11.1. The molecule has 0 spiro atoms. The zero-order chi connectivity index (χ0) is 19.8. The van der Waals surface area contributed by atoms with Gasteiger partial charge in [-0.15, -0.1) is 11.3 Å². The number of aromatic nitrogens is 4. The molecule has 3 aromatic heterocycles. The molecule has 0 aliphatic heterocycles. The van der Waals surface area contributed by atoms with Crippen LogP contribution in [0.5, 0.6) is 0 Å². The molecule has 0 radical (unpaired) electrons. The molecular weight excluding hydrogens is 378 g/mol. The van der Waals surface area contributed by atoms with Crippen molar-refractivity contribution in [3.05, 3.63) is 84.6 Å². The zero-order valence-corrected chi connectivity index (χ0v) is 16.9. The van der Waals surface area contributed by atoms with E-state index in [-0.39, 0.29) is 0 Å². The van der Waals surface area contributed by atoms with Crippen molar-refractivity contribution < 1.29 is 0 Å². The summed E-state index contributed by atoms with van der Waals surface area (Å²) in [5.74, 6) is 1.55. The standard InChI is InChI=1S/C23H19N5S/c1-15-14-25-23(27-22(15)21-13-17-5-3-4-6-20(17)29-21)26-18-7-9-19(10-8-18)28-12-11-24-16(28)2/h3-14H,1-2H3,(H,25,26,27). The van der Waals surface area contributed by atoms with Gasteiger partial charge in [-0.05, 0) is 61.2 Å². The van der Waals surface area contributed by atoms with Crippen LogP contribution in [-0.4, -0.2) is 19.5 Å². The van der Waals surface area contributed by atoms with Gasteiger partial charge in [-0.1, -0.05) is 18.2 Å². The summed E-state index contributed by atoms with van der Waals surface area (Å²) < 4.78 is 3.31. The fourth-order valence-corrected chi connectivity index (χ4v) is 4.45. The molecule has 0 amide bonds. The minimum Gasteiger partial charge on any atom is -0.324 e. The fourth-order valence-electron chi connectivity index (χ4n) is 3.34. The Bertz CT molecular complexity index is 1270. The van der Waals surface area contributed by atoms with Crippen LogP contribution >= 0.6 is 11.3 Å². The second-order valence-electron chi connectivity index (χ2n) is 6.89. The highest BCUT2D eigenvalue weighted by atomic mass is 32.1. The first kappa shape index (κ1) is 17.6. The maximum Gasteiger partial charge on any atom is 0.227 e. The van der Waals surface area contributed by atoms with Gasteiger partial charge >= 0.3 is 0 Å². The Balaban J connectivity index is 1.43. The van der Waals surface area contributed by atoms with Crippen LogP contribution in [0.25, 0.3) is 26.3 Å². The third kappa shape index (κ3) is 3.39. The summed E-state index contributed by atoms with van der Waals surface area (Å²) in [4.78, 5) is 14.7. The molecule has 29 heavy (non-hydrogen) atoms. The monoisotopic (exact) mass is 397 g/mol. The number of rotatable bonds is 4. The van der Waals surface area contributed by atoms with E-state index in [1.54, 1.807) is 17.5 Å². The number of aryl methyl sites for hydroxylation is 2. The summed E-state index contributed by atoms with van der Waals surface area (Å²) in [6.45, 7) is 4.04. The maximum absolute atomic E-state index is 4.79. The second-order valence-corrected chi connectivity index (χ2v) is 7.97. The van der Waals surface area contributed by atoms with Crippen molar-refractivity contribution in [1.82, 2.24) is 19.5 Å². The average molecular weight is 398 g/mol. The van der Waals surface area contributed by atoms with Gasteiger partial charge in [0.05, 0.1) is 10.6 Å². The van der Waals surface area contributed by atoms with Gasteiger partial charge in [0.25, 0.3) is 0 Å². The molecule has 0 aliphatic rings. The van der Waals surface area contributed by atoms with Crippen LogP contribution in [0.2, 0.25) is 0 Å². The Morgan fingerprint density at radius 1 is 0.966 bits per heavy atom. The van der Waals surface area contributed by atoms with E-state index in [0.717, 1.165) is 33.3 Å². The molecule has 1 N–H and O–H groups in total.